The molecule has 1 aromatic heterocycles. The van der Waals surface area contributed by atoms with Gasteiger partial charge in [0.15, 0.2) is 0 Å². The Balaban J connectivity index is 2.12. The van der Waals surface area contributed by atoms with Crippen LogP contribution in [0.2, 0.25) is 0 Å². The zero-order valence-corrected chi connectivity index (χ0v) is 10.1. The van der Waals surface area contributed by atoms with E-state index >= 15 is 0 Å². The summed E-state index contributed by atoms with van der Waals surface area (Å²) in [5, 5.41) is 5.56. The van der Waals surface area contributed by atoms with Crippen LogP contribution in [0, 0.1) is 0 Å². The Bertz CT molecular complexity index is 463. The summed E-state index contributed by atoms with van der Waals surface area (Å²) in [4.78, 5) is 33.1. The Morgan fingerprint density at radius 3 is 3.06 bits per heavy atom. The highest BCUT2D eigenvalue weighted by Gasteiger charge is 2.21. The fraction of sp³-hybridized carbons (Fsp3) is 0.455. The van der Waals surface area contributed by atoms with Crippen LogP contribution in [0.4, 0.5) is 5.82 Å². The number of nitrogens with zero attached hydrogens (tertiary/aromatic N) is 3. The minimum Gasteiger partial charge on any atom is -0.372 e. The van der Waals surface area contributed by atoms with Gasteiger partial charge < -0.3 is 15.5 Å². The smallest absolute Gasteiger partial charge is 0.274 e. The van der Waals surface area contributed by atoms with Gasteiger partial charge in [-0.2, -0.15) is 0 Å². The Morgan fingerprint density at radius 1 is 1.44 bits per heavy atom. The van der Waals surface area contributed by atoms with Crippen LogP contribution in [0.1, 0.15) is 16.9 Å². The second kappa shape index (κ2) is 5.44. The maximum atomic E-state index is 12.2. The van der Waals surface area contributed by atoms with E-state index in [9.17, 15) is 9.59 Å². The molecule has 0 unspecified atom stereocenters. The van der Waals surface area contributed by atoms with Gasteiger partial charge in [-0.1, -0.05) is 0 Å². The van der Waals surface area contributed by atoms with Crippen molar-refractivity contribution in [2.75, 3.05) is 32.0 Å². The summed E-state index contributed by atoms with van der Waals surface area (Å²) in [7, 11) is 1.72. The fourth-order valence-corrected chi connectivity index (χ4v) is 1.72. The number of aromatic nitrogens is 2. The van der Waals surface area contributed by atoms with Crippen molar-refractivity contribution in [1.29, 1.82) is 0 Å². The van der Waals surface area contributed by atoms with Gasteiger partial charge in [0.25, 0.3) is 5.91 Å². The van der Waals surface area contributed by atoms with Crippen molar-refractivity contribution < 1.29 is 9.59 Å². The van der Waals surface area contributed by atoms with Gasteiger partial charge in [0.05, 0.1) is 12.4 Å². The number of hydrogen-bond acceptors (Lipinski definition) is 5. The van der Waals surface area contributed by atoms with Gasteiger partial charge in [0.2, 0.25) is 5.91 Å². The van der Waals surface area contributed by atoms with Crippen molar-refractivity contribution in [2.45, 2.75) is 6.42 Å². The summed E-state index contributed by atoms with van der Waals surface area (Å²) in [5.74, 6) is 0.321. The van der Waals surface area contributed by atoms with Gasteiger partial charge in [0, 0.05) is 33.1 Å². The molecule has 7 heteroatoms. The fourth-order valence-electron chi connectivity index (χ4n) is 1.72. The molecule has 2 N–H and O–H groups in total. The number of carbonyl (C=O) groups excluding carboxylic acids is 2. The highest BCUT2D eigenvalue weighted by atomic mass is 16.2. The second-order valence-electron chi connectivity index (χ2n) is 3.93. The summed E-state index contributed by atoms with van der Waals surface area (Å²) < 4.78 is 0. The Labute approximate surface area is 105 Å². The number of anilines is 1. The van der Waals surface area contributed by atoms with Gasteiger partial charge in [-0.15, -0.1) is 0 Å². The largest absolute Gasteiger partial charge is 0.372 e. The summed E-state index contributed by atoms with van der Waals surface area (Å²) in [6.07, 6.45) is 3.30. The summed E-state index contributed by atoms with van der Waals surface area (Å²) >= 11 is 0. The molecule has 18 heavy (non-hydrogen) atoms. The first kappa shape index (κ1) is 12.3. The molecule has 1 aromatic rings. The van der Waals surface area contributed by atoms with E-state index in [4.69, 9.17) is 0 Å². The highest BCUT2D eigenvalue weighted by Crippen LogP contribution is 2.06. The maximum absolute atomic E-state index is 12.2. The molecule has 96 valence electrons. The van der Waals surface area contributed by atoms with Crippen LogP contribution in [-0.2, 0) is 4.79 Å². The Hall–Kier alpha value is -2.18. The first-order valence-corrected chi connectivity index (χ1v) is 5.76. The highest BCUT2D eigenvalue weighted by molar-refractivity contribution is 5.93. The third kappa shape index (κ3) is 2.73. The third-order valence-electron chi connectivity index (χ3n) is 2.71. The average Bonchev–Trinajstić information content (AvgIpc) is 2.63. The SMILES string of the molecule is CNc1cncc(C(=O)N2CCNC(=O)CC2)n1. The normalized spacial score (nSPS) is 15.8. The molecule has 0 bridgehead atoms. The average molecular weight is 249 g/mol. The van der Waals surface area contributed by atoms with Gasteiger partial charge in [-0.05, 0) is 0 Å². The molecule has 1 saturated heterocycles. The monoisotopic (exact) mass is 249 g/mol. The van der Waals surface area contributed by atoms with E-state index in [0.717, 1.165) is 0 Å². The lowest BCUT2D eigenvalue weighted by Gasteiger charge is -2.18. The molecule has 0 aromatic carbocycles. The minimum atomic E-state index is -0.198. The van der Waals surface area contributed by atoms with Crippen molar-refractivity contribution in [3.05, 3.63) is 18.1 Å². The van der Waals surface area contributed by atoms with Gasteiger partial charge >= 0.3 is 0 Å². The van der Waals surface area contributed by atoms with Gasteiger partial charge in [-0.3, -0.25) is 14.6 Å². The minimum absolute atomic E-state index is 0.0274. The number of rotatable bonds is 2. The lowest BCUT2D eigenvalue weighted by atomic mass is 10.3. The molecule has 7 nitrogen and oxygen atoms in total. The van der Waals surface area contributed by atoms with Crippen LogP contribution in [-0.4, -0.2) is 53.4 Å². The molecule has 0 saturated carbocycles. The van der Waals surface area contributed by atoms with E-state index in [1.54, 1.807) is 18.1 Å². The zero-order valence-electron chi connectivity index (χ0n) is 10.1. The molecular weight excluding hydrogens is 234 g/mol. The van der Waals surface area contributed by atoms with E-state index in [1.165, 1.54) is 6.20 Å². The summed E-state index contributed by atoms with van der Waals surface area (Å²) in [6, 6.07) is 0. The van der Waals surface area contributed by atoms with Crippen LogP contribution >= 0.6 is 0 Å². The molecule has 2 amide bonds. The molecule has 1 aliphatic rings. The van der Waals surface area contributed by atoms with Crippen molar-refractivity contribution in [1.82, 2.24) is 20.2 Å². The number of hydrogen-bond donors (Lipinski definition) is 2. The quantitative estimate of drug-likeness (QED) is 0.736. The van der Waals surface area contributed by atoms with Crippen molar-refractivity contribution in [3.8, 4) is 0 Å². The molecule has 0 aliphatic carbocycles. The van der Waals surface area contributed by atoms with Crippen LogP contribution in [0.5, 0.6) is 0 Å². The van der Waals surface area contributed by atoms with E-state index in [1.807, 2.05) is 0 Å². The lowest BCUT2D eigenvalue weighted by molar-refractivity contribution is -0.120. The molecule has 0 spiro atoms. The predicted molar refractivity (Wildman–Crippen MR) is 65.1 cm³/mol. The lowest BCUT2D eigenvalue weighted by Crippen LogP contribution is -2.34. The number of nitrogens with one attached hydrogen (secondary N) is 2. The summed E-state index contributed by atoms with van der Waals surface area (Å²) in [6.45, 7) is 1.38. The first-order valence-electron chi connectivity index (χ1n) is 5.76. The van der Waals surface area contributed by atoms with E-state index in [2.05, 4.69) is 20.6 Å². The first-order chi connectivity index (χ1) is 8.70. The van der Waals surface area contributed by atoms with Crippen molar-refractivity contribution in [2.24, 2.45) is 0 Å². The summed E-state index contributed by atoms with van der Waals surface area (Å²) in [5.41, 5.74) is 0.288. The van der Waals surface area contributed by atoms with Crippen molar-refractivity contribution in [3.63, 3.8) is 0 Å². The molecule has 0 atom stereocenters. The van der Waals surface area contributed by atoms with E-state index in [-0.39, 0.29) is 17.5 Å². The number of carbonyl (C=O) groups is 2. The standard InChI is InChI=1S/C11H15N5O2/c1-12-9-7-13-6-8(15-9)11(18)16-4-2-10(17)14-3-5-16/h6-7H,2-5H2,1H3,(H,12,15)(H,14,17). The van der Waals surface area contributed by atoms with E-state index < -0.39 is 0 Å². The van der Waals surface area contributed by atoms with Gasteiger partial charge in [-0.25, -0.2) is 4.98 Å². The molecule has 1 aliphatic heterocycles. The topological polar surface area (TPSA) is 87.2 Å². The van der Waals surface area contributed by atoms with Crippen LogP contribution < -0.4 is 10.6 Å². The number of amides is 2. The van der Waals surface area contributed by atoms with Crippen LogP contribution in [0.25, 0.3) is 0 Å². The molecule has 0 radical (unpaired) electrons. The van der Waals surface area contributed by atoms with Gasteiger partial charge in [0.1, 0.15) is 11.5 Å². The molecule has 2 heterocycles. The zero-order chi connectivity index (χ0) is 13.0. The molecule has 2 rings (SSSR count). The maximum Gasteiger partial charge on any atom is 0.274 e. The second-order valence-corrected chi connectivity index (χ2v) is 3.93. The Morgan fingerprint density at radius 2 is 2.28 bits per heavy atom. The van der Waals surface area contributed by atoms with Crippen LogP contribution in [0.15, 0.2) is 12.4 Å². The van der Waals surface area contributed by atoms with E-state index in [0.29, 0.717) is 31.9 Å². The molecular formula is C11H15N5O2. The Kier molecular flexibility index (Phi) is 3.71. The third-order valence-corrected chi connectivity index (χ3v) is 2.71. The van der Waals surface area contributed by atoms with Crippen molar-refractivity contribution >= 4 is 17.6 Å². The molecule has 1 fully saturated rings. The van der Waals surface area contributed by atoms with Crippen LogP contribution in [0.3, 0.4) is 0 Å². The predicted octanol–water partition coefficient (Wildman–Crippen LogP) is -0.520.